The number of nitrogens with one attached hydrogen (secondary N) is 1. The summed E-state index contributed by atoms with van der Waals surface area (Å²) in [4.78, 5) is 10.8. The summed E-state index contributed by atoms with van der Waals surface area (Å²) in [6.07, 6.45) is 2.65. The second kappa shape index (κ2) is 4.69. The van der Waals surface area contributed by atoms with Crippen molar-refractivity contribution in [1.82, 2.24) is 5.32 Å². The zero-order valence-corrected chi connectivity index (χ0v) is 9.57. The number of carbonyl (C=O) groups is 1. The normalized spacial score (nSPS) is 36.4. The quantitative estimate of drug-likeness (QED) is 0.732. The molecule has 2 saturated heterocycles. The summed E-state index contributed by atoms with van der Waals surface area (Å²) >= 11 is 0. The molecule has 2 aliphatic rings. The molecule has 2 rings (SSSR count). The fraction of sp³-hybridized carbons (Fsp3) is 0.909. The van der Waals surface area contributed by atoms with Crippen molar-refractivity contribution in [3.63, 3.8) is 0 Å². The maximum absolute atomic E-state index is 10.8. The summed E-state index contributed by atoms with van der Waals surface area (Å²) in [6.45, 7) is 3.76. The Kier molecular flexibility index (Phi) is 3.47. The smallest absolute Gasteiger partial charge is 0.320 e. The first-order chi connectivity index (χ1) is 7.61. The van der Waals surface area contributed by atoms with Gasteiger partial charge in [0.1, 0.15) is 6.04 Å². The van der Waals surface area contributed by atoms with Gasteiger partial charge in [0.25, 0.3) is 0 Å². The van der Waals surface area contributed by atoms with Gasteiger partial charge in [-0.3, -0.25) is 4.79 Å². The van der Waals surface area contributed by atoms with Gasteiger partial charge in [-0.1, -0.05) is 0 Å². The fourth-order valence-electron chi connectivity index (χ4n) is 2.46. The number of aliphatic carboxylic acids is 1. The lowest BCUT2D eigenvalue weighted by Crippen LogP contribution is -2.51. The highest BCUT2D eigenvalue weighted by Gasteiger charge is 2.41. The maximum atomic E-state index is 10.8. The van der Waals surface area contributed by atoms with Gasteiger partial charge in [-0.15, -0.1) is 0 Å². The Morgan fingerprint density at radius 3 is 3.00 bits per heavy atom. The molecule has 2 fully saturated rings. The van der Waals surface area contributed by atoms with Gasteiger partial charge in [-0.25, -0.2) is 0 Å². The molecule has 0 bridgehead atoms. The highest BCUT2D eigenvalue weighted by molar-refractivity contribution is 5.72. The van der Waals surface area contributed by atoms with Crippen molar-refractivity contribution in [2.75, 3.05) is 19.8 Å². The molecule has 1 spiro atoms. The van der Waals surface area contributed by atoms with E-state index in [1.165, 1.54) is 0 Å². The molecule has 3 unspecified atom stereocenters. The average Bonchev–Trinajstić information content (AvgIpc) is 2.66. The van der Waals surface area contributed by atoms with Crippen LogP contribution in [0.15, 0.2) is 0 Å². The number of rotatable bonds is 3. The van der Waals surface area contributed by atoms with E-state index in [1.807, 2.05) is 0 Å². The maximum Gasteiger partial charge on any atom is 0.320 e. The first kappa shape index (κ1) is 11.8. The lowest BCUT2D eigenvalue weighted by atomic mass is 9.89. The van der Waals surface area contributed by atoms with Crippen LogP contribution in [0.25, 0.3) is 0 Å². The van der Waals surface area contributed by atoms with E-state index < -0.39 is 12.0 Å². The first-order valence-corrected chi connectivity index (χ1v) is 5.82. The SMILES string of the molecule is CC(NC1CCOC2(CCOC2)C1)C(=O)O. The van der Waals surface area contributed by atoms with E-state index in [1.54, 1.807) is 6.92 Å². The highest BCUT2D eigenvalue weighted by atomic mass is 16.6. The summed E-state index contributed by atoms with van der Waals surface area (Å²) in [5.74, 6) is -0.803. The molecule has 0 aromatic heterocycles. The molecule has 92 valence electrons. The molecular weight excluding hydrogens is 210 g/mol. The van der Waals surface area contributed by atoms with Crippen molar-refractivity contribution < 1.29 is 19.4 Å². The van der Waals surface area contributed by atoms with Gasteiger partial charge < -0.3 is 19.9 Å². The van der Waals surface area contributed by atoms with Crippen molar-refractivity contribution >= 4 is 5.97 Å². The Balaban J connectivity index is 1.89. The molecule has 5 nitrogen and oxygen atoms in total. The van der Waals surface area contributed by atoms with Crippen molar-refractivity contribution in [2.45, 2.75) is 43.9 Å². The lowest BCUT2D eigenvalue weighted by Gasteiger charge is -2.38. The molecule has 3 atom stereocenters. The van der Waals surface area contributed by atoms with Crippen molar-refractivity contribution in [1.29, 1.82) is 0 Å². The molecule has 0 aliphatic carbocycles. The Bertz CT molecular complexity index is 263. The minimum Gasteiger partial charge on any atom is -0.480 e. The van der Waals surface area contributed by atoms with Gasteiger partial charge in [0.15, 0.2) is 0 Å². The van der Waals surface area contributed by atoms with Crippen LogP contribution in [0, 0.1) is 0 Å². The molecule has 0 amide bonds. The van der Waals surface area contributed by atoms with Crippen LogP contribution >= 0.6 is 0 Å². The summed E-state index contributed by atoms with van der Waals surface area (Å²) < 4.78 is 11.2. The zero-order chi connectivity index (χ0) is 11.6. The van der Waals surface area contributed by atoms with Crippen molar-refractivity contribution in [3.8, 4) is 0 Å². The monoisotopic (exact) mass is 229 g/mol. The van der Waals surface area contributed by atoms with E-state index in [4.69, 9.17) is 14.6 Å². The van der Waals surface area contributed by atoms with Crippen LogP contribution in [0.5, 0.6) is 0 Å². The third-order valence-corrected chi connectivity index (χ3v) is 3.42. The molecular formula is C11H19NO4. The van der Waals surface area contributed by atoms with Crippen molar-refractivity contribution in [3.05, 3.63) is 0 Å². The second-order valence-corrected chi connectivity index (χ2v) is 4.75. The van der Waals surface area contributed by atoms with Gasteiger partial charge in [-0.2, -0.15) is 0 Å². The minimum absolute atomic E-state index is 0.159. The van der Waals surface area contributed by atoms with Gasteiger partial charge in [0.05, 0.1) is 12.2 Å². The lowest BCUT2D eigenvalue weighted by molar-refractivity contribution is -0.140. The van der Waals surface area contributed by atoms with Crippen molar-refractivity contribution in [2.24, 2.45) is 0 Å². The Labute approximate surface area is 95.1 Å². The van der Waals surface area contributed by atoms with Gasteiger partial charge in [-0.05, 0) is 19.8 Å². The molecule has 5 heteroatoms. The molecule has 16 heavy (non-hydrogen) atoms. The van der Waals surface area contributed by atoms with E-state index >= 15 is 0 Å². The van der Waals surface area contributed by atoms with E-state index in [9.17, 15) is 4.79 Å². The molecule has 0 saturated carbocycles. The molecule has 2 heterocycles. The second-order valence-electron chi connectivity index (χ2n) is 4.75. The fourth-order valence-corrected chi connectivity index (χ4v) is 2.46. The summed E-state index contributed by atoms with van der Waals surface area (Å²) in [5, 5.41) is 12.0. The van der Waals surface area contributed by atoms with Crippen LogP contribution in [-0.4, -0.2) is 48.6 Å². The predicted molar refractivity (Wildman–Crippen MR) is 57.4 cm³/mol. The summed E-state index contributed by atoms with van der Waals surface area (Å²) in [5.41, 5.74) is -0.159. The van der Waals surface area contributed by atoms with Gasteiger partial charge in [0.2, 0.25) is 0 Å². The molecule has 0 aromatic rings. The number of ether oxygens (including phenoxy) is 2. The zero-order valence-electron chi connectivity index (χ0n) is 9.57. The minimum atomic E-state index is -0.803. The largest absolute Gasteiger partial charge is 0.480 e. The van der Waals surface area contributed by atoms with Crippen LogP contribution < -0.4 is 5.32 Å². The van der Waals surface area contributed by atoms with E-state index in [0.717, 1.165) is 25.9 Å². The Morgan fingerprint density at radius 1 is 1.56 bits per heavy atom. The third-order valence-electron chi connectivity index (χ3n) is 3.42. The summed E-state index contributed by atoms with van der Waals surface area (Å²) in [6, 6.07) is -0.274. The topological polar surface area (TPSA) is 67.8 Å². The Morgan fingerprint density at radius 2 is 2.38 bits per heavy atom. The van der Waals surface area contributed by atoms with Crippen LogP contribution in [0.2, 0.25) is 0 Å². The molecule has 2 aliphatic heterocycles. The van der Waals surface area contributed by atoms with E-state index in [0.29, 0.717) is 13.2 Å². The van der Waals surface area contributed by atoms with Crippen LogP contribution in [-0.2, 0) is 14.3 Å². The Hall–Kier alpha value is -0.650. The molecule has 0 radical (unpaired) electrons. The van der Waals surface area contributed by atoms with Crippen LogP contribution in [0.1, 0.15) is 26.2 Å². The number of hydrogen-bond donors (Lipinski definition) is 2. The molecule has 2 N–H and O–H groups in total. The van der Waals surface area contributed by atoms with Crippen LogP contribution in [0.4, 0.5) is 0 Å². The number of carboxylic acids is 1. The number of hydrogen-bond acceptors (Lipinski definition) is 4. The molecule has 0 aromatic carbocycles. The first-order valence-electron chi connectivity index (χ1n) is 5.82. The summed E-state index contributed by atoms with van der Waals surface area (Å²) in [7, 11) is 0. The highest BCUT2D eigenvalue weighted by Crippen LogP contribution is 2.32. The predicted octanol–water partition coefficient (Wildman–Crippen LogP) is 0.387. The van der Waals surface area contributed by atoms with Crippen LogP contribution in [0.3, 0.4) is 0 Å². The van der Waals surface area contributed by atoms with Gasteiger partial charge >= 0.3 is 5.97 Å². The van der Waals surface area contributed by atoms with E-state index in [2.05, 4.69) is 5.32 Å². The van der Waals surface area contributed by atoms with E-state index in [-0.39, 0.29) is 11.6 Å². The third kappa shape index (κ3) is 2.53. The standard InChI is InChI=1S/C11H19NO4/c1-8(10(13)14)12-9-2-4-16-11(6-9)3-5-15-7-11/h8-9,12H,2-7H2,1H3,(H,13,14). The average molecular weight is 229 g/mol. The number of carboxylic acid groups (broad SMARTS) is 1. The van der Waals surface area contributed by atoms with Gasteiger partial charge in [0, 0.05) is 25.7 Å².